The maximum atomic E-state index is 13.1. The smallest absolute Gasteiger partial charge is 0.344 e. The van der Waals surface area contributed by atoms with Crippen molar-refractivity contribution >= 4 is 41.5 Å². The van der Waals surface area contributed by atoms with E-state index < -0.39 is 23.8 Å². The summed E-state index contributed by atoms with van der Waals surface area (Å²) in [6, 6.07) is 2.11. The topological polar surface area (TPSA) is 111 Å². The number of nitrogens with zero attached hydrogens (tertiary/aromatic N) is 1. The van der Waals surface area contributed by atoms with Crippen molar-refractivity contribution in [2.75, 3.05) is 19.8 Å². The number of hydrogen-bond acceptors (Lipinski definition) is 7. The number of amides is 4. The Hall–Kier alpha value is -3.07. The molecular formula is C23H27ClN2O7. The SMILES string of the molecule is CCOC(=O)COc1c(Cl)cc(C=C2C(=O)NC(=O)N(C3CCCCC3)C2=O)cc1OCC. The van der Waals surface area contributed by atoms with Gasteiger partial charge in [-0.1, -0.05) is 30.9 Å². The zero-order valence-corrected chi connectivity index (χ0v) is 19.4. The van der Waals surface area contributed by atoms with E-state index in [0.29, 0.717) is 18.4 Å². The van der Waals surface area contributed by atoms with Crippen LogP contribution in [0.5, 0.6) is 11.5 Å². The van der Waals surface area contributed by atoms with Crippen molar-refractivity contribution in [1.82, 2.24) is 10.2 Å². The van der Waals surface area contributed by atoms with E-state index in [0.717, 1.165) is 24.2 Å². The molecule has 0 atom stereocenters. The van der Waals surface area contributed by atoms with Crippen LogP contribution >= 0.6 is 11.6 Å². The van der Waals surface area contributed by atoms with Crippen molar-refractivity contribution in [3.05, 3.63) is 28.3 Å². The summed E-state index contributed by atoms with van der Waals surface area (Å²) in [5, 5.41) is 2.38. The Kier molecular flexibility index (Phi) is 8.32. The van der Waals surface area contributed by atoms with Crippen LogP contribution in [0.1, 0.15) is 51.5 Å². The quantitative estimate of drug-likeness (QED) is 0.346. The number of barbiturate groups is 1. The van der Waals surface area contributed by atoms with Gasteiger partial charge in [0.1, 0.15) is 5.57 Å². The number of urea groups is 1. The number of esters is 1. The molecule has 1 aliphatic carbocycles. The largest absolute Gasteiger partial charge is 0.490 e. The minimum absolute atomic E-state index is 0.126. The van der Waals surface area contributed by atoms with Crippen LogP contribution < -0.4 is 14.8 Å². The van der Waals surface area contributed by atoms with E-state index in [1.54, 1.807) is 19.9 Å². The molecule has 1 aromatic carbocycles. The van der Waals surface area contributed by atoms with E-state index in [4.69, 9.17) is 25.8 Å². The maximum Gasteiger partial charge on any atom is 0.344 e. The Morgan fingerprint density at radius 1 is 1.12 bits per heavy atom. The molecule has 9 nitrogen and oxygen atoms in total. The van der Waals surface area contributed by atoms with Gasteiger partial charge in [-0.3, -0.25) is 19.8 Å². The van der Waals surface area contributed by atoms with E-state index in [9.17, 15) is 19.2 Å². The first-order valence-corrected chi connectivity index (χ1v) is 11.4. The highest BCUT2D eigenvalue weighted by Gasteiger charge is 2.40. The Labute approximate surface area is 197 Å². The third-order valence-corrected chi connectivity index (χ3v) is 5.64. The molecule has 2 fully saturated rings. The Balaban J connectivity index is 1.90. The number of hydrogen-bond donors (Lipinski definition) is 1. The zero-order chi connectivity index (χ0) is 24.0. The van der Waals surface area contributed by atoms with E-state index in [-0.39, 0.29) is 48.0 Å². The monoisotopic (exact) mass is 478 g/mol. The molecule has 1 saturated heterocycles. The van der Waals surface area contributed by atoms with Gasteiger partial charge in [-0.15, -0.1) is 0 Å². The average molecular weight is 479 g/mol. The number of carbonyl (C=O) groups excluding carboxylic acids is 4. The molecule has 1 N–H and O–H groups in total. The molecule has 3 rings (SSSR count). The van der Waals surface area contributed by atoms with Crippen LogP contribution in [-0.4, -0.2) is 54.6 Å². The maximum absolute atomic E-state index is 13.1. The number of carbonyl (C=O) groups is 4. The number of benzene rings is 1. The van der Waals surface area contributed by atoms with Gasteiger partial charge in [0.05, 0.1) is 18.2 Å². The predicted octanol–water partition coefficient (Wildman–Crippen LogP) is 3.48. The van der Waals surface area contributed by atoms with E-state index in [1.807, 2.05) is 0 Å². The summed E-state index contributed by atoms with van der Waals surface area (Å²) in [5.41, 5.74) is 0.238. The standard InChI is InChI=1S/C23H27ClN2O7/c1-3-31-18-12-14(11-17(24)20(18)33-13-19(27)32-4-2)10-16-21(28)25-23(30)26(22(16)29)15-8-6-5-7-9-15/h10-12,15H,3-9,13H2,1-2H3,(H,25,28,30). The summed E-state index contributed by atoms with van der Waals surface area (Å²) in [7, 11) is 0. The highest BCUT2D eigenvalue weighted by Crippen LogP contribution is 2.37. The normalized spacial score (nSPS) is 18.3. The lowest BCUT2D eigenvalue weighted by atomic mass is 9.93. The highest BCUT2D eigenvalue weighted by molar-refractivity contribution is 6.33. The number of halogens is 1. The third-order valence-electron chi connectivity index (χ3n) is 5.36. The molecule has 33 heavy (non-hydrogen) atoms. The predicted molar refractivity (Wildman–Crippen MR) is 120 cm³/mol. The molecule has 0 aromatic heterocycles. The van der Waals surface area contributed by atoms with E-state index >= 15 is 0 Å². The lowest BCUT2D eigenvalue weighted by Crippen LogP contribution is -2.58. The van der Waals surface area contributed by atoms with Crippen LogP contribution in [0.2, 0.25) is 5.02 Å². The molecule has 1 saturated carbocycles. The average Bonchev–Trinajstić information content (AvgIpc) is 2.77. The lowest BCUT2D eigenvalue weighted by Gasteiger charge is -2.35. The summed E-state index contributed by atoms with van der Waals surface area (Å²) in [5.74, 6) is -1.57. The van der Waals surface area contributed by atoms with Crippen LogP contribution in [0.15, 0.2) is 17.7 Å². The molecule has 0 bridgehead atoms. The molecule has 1 aromatic rings. The van der Waals surface area contributed by atoms with Gasteiger partial charge in [0, 0.05) is 6.04 Å². The molecule has 4 amide bonds. The van der Waals surface area contributed by atoms with Crippen molar-refractivity contribution in [3.63, 3.8) is 0 Å². The Morgan fingerprint density at radius 2 is 1.85 bits per heavy atom. The second-order valence-electron chi connectivity index (χ2n) is 7.64. The molecule has 0 spiro atoms. The summed E-state index contributed by atoms with van der Waals surface area (Å²) in [4.78, 5) is 50.7. The first-order valence-electron chi connectivity index (χ1n) is 11.0. The summed E-state index contributed by atoms with van der Waals surface area (Å²) >= 11 is 6.36. The highest BCUT2D eigenvalue weighted by atomic mass is 35.5. The fourth-order valence-electron chi connectivity index (χ4n) is 3.92. The van der Waals surface area contributed by atoms with Gasteiger partial charge in [0.15, 0.2) is 18.1 Å². The Bertz CT molecular complexity index is 970. The minimum Gasteiger partial charge on any atom is -0.490 e. The first-order chi connectivity index (χ1) is 15.8. The van der Waals surface area contributed by atoms with Crippen LogP contribution in [0, 0.1) is 0 Å². The second-order valence-corrected chi connectivity index (χ2v) is 8.05. The molecule has 0 radical (unpaired) electrons. The molecule has 1 heterocycles. The number of nitrogens with one attached hydrogen (secondary N) is 1. The van der Waals surface area contributed by atoms with Crippen LogP contribution in [0.25, 0.3) is 6.08 Å². The van der Waals surface area contributed by atoms with Gasteiger partial charge in [0.25, 0.3) is 11.8 Å². The van der Waals surface area contributed by atoms with E-state index in [2.05, 4.69) is 5.32 Å². The number of ether oxygens (including phenoxy) is 3. The third kappa shape index (κ3) is 5.84. The fourth-order valence-corrected chi connectivity index (χ4v) is 4.19. The van der Waals surface area contributed by atoms with Crippen LogP contribution in [0.3, 0.4) is 0 Å². The second kappa shape index (κ2) is 11.2. The molecule has 2 aliphatic rings. The first kappa shape index (κ1) is 24.6. The van der Waals surface area contributed by atoms with Gasteiger partial charge in [-0.2, -0.15) is 0 Å². The van der Waals surface area contributed by atoms with Crippen LogP contribution in [-0.2, 0) is 19.1 Å². The van der Waals surface area contributed by atoms with Crippen molar-refractivity contribution in [3.8, 4) is 11.5 Å². The van der Waals surface area contributed by atoms with Crippen molar-refractivity contribution in [2.24, 2.45) is 0 Å². The molecule has 1 aliphatic heterocycles. The molecule has 10 heteroatoms. The summed E-state index contributed by atoms with van der Waals surface area (Å²) in [6.07, 6.45) is 5.71. The Morgan fingerprint density at radius 3 is 2.52 bits per heavy atom. The molecule has 0 unspecified atom stereocenters. The summed E-state index contributed by atoms with van der Waals surface area (Å²) in [6.45, 7) is 3.60. The lowest BCUT2D eigenvalue weighted by molar-refractivity contribution is -0.145. The van der Waals surface area contributed by atoms with Gasteiger partial charge in [-0.05, 0) is 50.5 Å². The molecular weight excluding hydrogens is 452 g/mol. The van der Waals surface area contributed by atoms with Crippen molar-refractivity contribution in [1.29, 1.82) is 0 Å². The van der Waals surface area contributed by atoms with Crippen molar-refractivity contribution in [2.45, 2.75) is 52.0 Å². The fraction of sp³-hybridized carbons (Fsp3) is 0.478. The molecule has 178 valence electrons. The minimum atomic E-state index is -0.770. The summed E-state index contributed by atoms with van der Waals surface area (Å²) < 4.78 is 15.9. The van der Waals surface area contributed by atoms with Crippen LogP contribution in [0.4, 0.5) is 4.79 Å². The van der Waals surface area contributed by atoms with Gasteiger partial charge >= 0.3 is 12.0 Å². The van der Waals surface area contributed by atoms with Gasteiger partial charge in [0.2, 0.25) is 0 Å². The van der Waals surface area contributed by atoms with E-state index in [1.165, 1.54) is 12.1 Å². The van der Waals surface area contributed by atoms with Gasteiger partial charge in [-0.25, -0.2) is 9.59 Å². The number of imide groups is 2. The zero-order valence-electron chi connectivity index (χ0n) is 18.6. The van der Waals surface area contributed by atoms with Gasteiger partial charge < -0.3 is 14.2 Å². The number of rotatable bonds is 8. The van der Waals surface area contributed by atoms with Crippen molar-refractivity contribution < 1.29 is 33.4 Å².